The average Bonchev–Trinajstić information content (AvgIpc) is 2.36. The third-order valence-corrected chi connectivity index (χ3v) is 3.61. The Kier molecular flexibility index (Phi) is 6.08. The van der Waals surface area contributed by atoms with Gasteiger partial charge in [0.25, 0.3) is 0 Å². The predicted molar refractivity (Wildman–Crippen MR) is 72.4 cm³/mol. The zero-order valence-electron chi connectivity index (χ0n) is 10.8. The molecule has 0 aliphatic heterocycles. The van der Waals surface area contributed by atoms with Crippen LogP contribution < -0.4 is 10.5 Å². The highest BCUT2D eigenvalue weighted by Gasteiger charge is 2.08. The summed E-state index contributed by atoms with van der Waals surface area (Å²) >= 11 is 0. The van der Waals surface area contributed by atoms with Gasteiger partial charge in [-0.3, -0.25) is 10.1 Å². The first-order valence-corrected chi connectivity index (χ1v) is 7.58. The van der Waals surface area contributed by atoms with Crippen LogP contribution >= 0.6 is 0 Å². The van der Waals surface area contributed by atoms with Gasteiger partial charge in [-0.2, -0.15) is 0 Å². The van der Waals surface area contributed by atoms with Gasteiger partial charge in [0.2, 0.25) is 10.0 Å². The molecule has 0 bridgehead atoms. The van der Waals surface area contributed by atoms with Gasteiger partial charge in [0.05, 0.1) is 4.90 Å². The molecule has 7 nitrogen and oxygen atoms in total. The molecule has 0 radical (unpaired) electrons. The number of aliphatic carboxylic acids is 1. The van der Waals surface area contributed by atoms with Crippen molar-refractivity contribution in [3.63, 3.8) is 0 Å². The van der Waals surface area contributed by atoms with Crippen molar-refractivity contribution in [2.24, 2.45) is 5.14 Å². The molecule has 8 heteroatoms. The highest BCUT2D eigenvalue weighted by atomic mass is 32.2. The summed E-state index contributed by atoms with van der Waals surface area (Å²) < 4.78 is 22.1. The summed E-state index contributed by atoms with van der Waals surface area (Å²) in [7, 11) is -3.68. The lowest BCUT2D eigenvalue weighted by molar-refractivity contribution is -0.137. The number of hydrogen-bond donors (Lipinski definition) is 4. The fourth-order valence-corrected chi connectivity index (χ4v) is 2.11. The lowest BCUT2D eigenvalue weighted by Gasteiger charge is -2.11. The van der Waals surface area contributed by atoms with Gasteiger partial charge in [-0.05, 0) is 30.5 Å². The molecule has 1 aromatic rings. The minimum atomic E-state index is -3.68. The lowest BCUT2D eigenvalue weighted by Crippen LogP contribution is -2.31. The van der Waals surface area contributed by atoms with E-state index in [1.54, 1.807) is 12.1 Å². The fraction of sp³-hybridized carbons (Fsp3) is 0.417. The van der Waals surface area contributed by atoms with Gasteiger partial charge in [-0.15, -0.1) is 0 Å². The average molecular weight is 302 g/mol. The Bertz CT molecular complexity index is 541. The maximum absolute atomic E-state index is 11.1. The second-order valence-corrected chi connectivity index (χ2v) is 5.90. The van der Waals surface area contributed by atoms with Crippen molar-refractivity contribution in [3.05, 3.63) is 29.8 Å². The Hall–Kier alpha value is -1.48. The van der Waals surface area contributed by atoms with Gasteiger partial charge in [0.15, 0.2) is 0 Å². The molecule has 0 aromatic heterocycles. The summed E-state index contributed by atoms with van der Waals surface area (Å²) in [5.74, 6) is -0.954. The first kappa shape index (κ1) is 16.6. The summed E-state index contributed by atoms with van der Waals surface area (Å²) in [6.07, 6.45) is -0.249. The summed E-state index contributed by atoms with van der Waals surface area (Å²) in [6, 6.07) is 6.13. The molecule has 1 rings (SSSR count). The van der Waals surface area contributed by atoms with E-state index in [1.165, 1.54) is 12.1 Å². The van der Waals surface area contributed by atoms with Crippen LogP contribution in [0.3, 0.4) is 0 Å². The molecular weight excluding hydrogens is 284 g/mol. The van der Waals surface area contributed by atoms with E-state index < -0.39 is 22.2 Å². The van der Waals surface area contributed by atoms with E-state index in [1.807, 2.05) is 0 Å². The highest BCUT2D eigenvalue weighted by Crippen LogP contribution is 2.09. The van der Waals surface area contributed by atoms with Crippen LogP contribution in [-0.4, -0.2) is 37.4 Å². The largest absolute Gasteiger partial charge is 0.481 e. The molecule has 1 unspecified atom stereocenters. The third-order valence-electron chi connectivity index (χ3n) is 2.68. The molecule has 0 fully saturated rings. The Morgan fingerprint density at radius 3 is 2.40 bits per heavy atom. The topological polar surface area (TPSA) is 130 Å². The number of carboxylic acids is 1. The van der Waals surface area contributed by atoms with Crippen molar-refractivity contribution < 1.29 is 23.4 Å². The quantitative estimate of drug-likeness (QED) is 0.486. The van der Waals surface area contributed by atoms with Crippen LogP contribution in [0.4, 0.5) is 0 Å². The minimum Gasteiger partial charge on any atom is -0.481 e. The normalized spacial score (nSPS) is 13.1. The van der Waals surface area contributed by atoms with Crippen LogP contribution in [0.25, 0.3) is 0 Å². The molecule has 5 N–H and O–H groups in total. The van der Waals surface area contributed by atoms with Gasteiger partial charge in [0.1, 0.15) is 6.23 Å². The molecule has 0 amide bonds. The fourth-order valence-electron chi connectivity index (χ4n) is 1.59. The summed E-state index contributed by atoms with van der Waals surface area (Å²) in [5, 5.41) is 25.7. The van der Waals surface area contributed by atoms with Gasteiger partial charge in [-0.1, -0.05) is 12.1 Å². The number of carbonyl (C=O) groups is 1. The standard InChI is InChI=1S/C12H18N2O5S/c13-20(18,19)10-3-1-9(2-4-10)7-8-14-11(15)5-6-12(16)17/h1-4,11,14-15H,5-8H2,(H,16,17)(H2,13,18,19). The SMILES string of the molecule is NS(=O)(=O)c1ccc(CCNC(O)CCC(=O)O)cc1. The molecule has 0 aliphatic rings. The number of benzene rings is 1. The number of hydrogen-bond acceptors (Lipinski definition) is 5. The lowest BCUT2D eigenvalue weighted by atomic mass is 10.1. The van der Waals surface area contributed by atoms with E-state index in [4.69, 9.17) is 10.2 Å². The maximum atomic E-state index is 11.1. The Morgan fingerprint density at radius 2 is 1.90 bits per heavy atom. The van der Waals surface area contributed by atoms with Gasteiger partial charge in [-0.25, -0.2) is 13.6 Å². The van der Waals surface area contributed by atoms with Crippen LogP contribution in [0, 0.1) is 0 Å². The number of sulfonamides is 1. The first-order chi connectivity index (χ1) is 9.29. The number of nitrogens with two attached hydrogens (primary N) is 1. The number of carboxylic acid groups (broad SMARTS) is 1. The monoisotopic (exact) mass is 302 g/mol. The van der Waals surface area contributed by atoms with Crippen molar-refractivity contribution in [2.45, 2.75) is 30.4 Å². The maximum Gasteiger partial charge on any atom is 0.303 e. The predicted octanol–water partition coefficient (Wildman–Crippen LogP) is -0.351. The molecule has 20 heavy (non-hydrogen) atoms. The molecule has 0 saturated heterocycles. The van der Waals surface area contributed by atoms with Crippen LogP contribution in [0.15, 0.2) is 29.2 Å². The number of primary sulfonamides is 1. The smallest absolute Gasteiger partial charge is 0.303 e. The number of aliphatic hydroxyl groups excluding tert-OH is 1. The molecule has 0 heterocycles. The molecule has 112 valence electrons. The second kappa shape index (κ2) is 7.34. The molecule has 1 atom stereocenters. The van der Waals surface area contributed by atoms with E-state index >= 15 is 0 Å². The molecule has 0 saturated carbocycles. The zero-order valence-corrected chi connectivity index (χ0v) is 11.6. The van der Waals surface area contributed by atoms with Crippen molar-refractivity contribution in [1.29, 1.82) is 0 Å². The van der Waals surface area contributed by atoms with Gasteiger partial charge < -0.3 is 10.2 Å². The van der Waals surface area contributed by atoms with Crippen molar-refractivity contribution in [3.8, 4) is 0 Å². The summed E-state index contributed by atoms with van der Waals surface area (Å²) in [5.41, 5.74) is 0.885. The van der Waals surface area contributed by atoms with Crippen molar-refractivity contribution >= 4 is 16.0 Å². The number of aliphatic hydroxyl groups is 1. The highest BCUT2D eigenvalue weighted by molar-refractivity contribution is 7.89. The number of nitrogens with one attached hydrogen (secondary N) is 1. The first-order valence-electron chi connectivity index (χ1n) is 6.04. The van der Waals surface area contributed by atoms with Crippen LogP contribution in [0.5, 0.6) is 0 Å². The Balaban J connectivity index is 2.37. The third kappa shape index (κ3) is 6.11. The van der Waals surface area contributed by atoms with E-state index in [2.05, 4.69) is 5.32 Å². The molecule has 0 aliphatic carbocycles. The van der Waals surface area contributed by atoms with Gasteiger partial charge >= 0.3 is 5.97 Å². The number of rotatable bonds is 8. The van der Waals surface area contributed by atoms with E-state index in [-0.39, 0.29) is 17.7 Å². The zero-order chi connectivity index (χ0) is 15.2. The van der Waals surface area contributed by atoms with Crippen molar-refractivity contribution in [2.75, 3.05) is 6.54 Å². The second-order valence-electron chi connectivity index (χ2n) is 4.34. The minimum absolute atomic E-state index is 0.0516. The van der Waals surface area contributed by atoms with Crippen molar-refractivity contribution in [1.82, 2.24) is 5.32 Å². The molecule has 1 aromatic carbocycles. The summed E-state index contributed by atoms with van der Waals surface area (Å²) in [6.45, 7) is 0.454. The van der Waals surface area contributed by atoms with E-state index in [9.17, 15) is 18.3 Å². The summed E-state index contributed by atoms with van der Waals surface area (Å²) in [4.78, 5) is 10.4. The van der Waals surface area contributed by atoms with E-state index in [0.717, 1.165) is 5.56 Å². The van der Waals surface area contributed by atoms with Gasteiger partial charge in [0, 0.05) is 13.0 Å². The van der Waals surface area contributed by atoms with Crippen LogP contribution in [0.2, 0.25) is 0 Å². The van der Waals surface area contributed by atoms with Crippen LogP contribution in [0.1, 0.15) is 18.4 Å². The Labute approximate surface area is 117 Å². The molecule has 0 spiro atoms. The molecular formula is C12H18N2O5S. The van der Waals surface area contributed by atoms with Crippen LogP contribution in [-0.2, 0) is 21.2 Å². The Morgan fingerprint density at radius 1 is 1.30 bits per heavy atom. The van der Waals surface area contributed by atoms with E-state index in [0.29, 0.717) is 13.0 Å².